The number of Topliss-reactive ketones (excluding diaryl/α,β-unsaturated/α-hetero) is 2. The first-order chi connectivity index (χ1) is 18.2. The van der Waals surface area contributed by atoms with E-state index in [1.807, 2.05) is 13.8 Å². The maximum atomic E-state index is 13.8. The topological polar surface area (TPSA) is 200 Å². The summed E-state index contributed by atoms with van der Waals surface area (Å²) in [6.45, 7) is 4.04. The van der Waals surface area contributed by atoms with Crippen LogP contribution in [0.2, 0.25) is 0 Å². The van der Waals surface area contributed by atoms with Crippen molar-refractivity contribution in [2.24, 2.45) is 23.5 Å². The highest BCUT2D eigenvalue weighted by molar-refractivity contribution is 6.24. The molecule has 0 spiro atoms. The Balaban J connectivity index is 1.79. The number of likely N-dealkylation sites (N-methyl/N-ethyl adjacent to an activating group) is 1. The van der Waals surface area contributed by atoms with Crippen LogP contribution in [0.25, 0.3) is 5.76 Å². The molecule has 3 aliphatic carbocycles. The minimum absolute atomic E-state index is 0.0144. The van der Waals surface area contributed by atoms with Gasteiger partial charge < -0.3 is 36.2 Å². The third-order valence-electron chi connectivity index (χ3n) is 7.67. The molecule has 1 fully saturated rings. The minimum atomic E-state index is -2.69. The smallest absolute Gasteiger partial charge is 0.407 e. The van der Waals surface area contributed by atoms with Gasteiger partial charge in [0.15, 0.2) is 11.4 Å². The van der Waals surface area contributed by atoms with Gasteiger partial charge in [0.05, 0.1) is 18.2 Å². The quantitative estimate of drug-likeness (QED) is 0.279. The summed E-state index contributed by atoms with van der Waals surface area (Å²) in [5.74, 6) is -6.97. The summed E-state index contributed by atoms with van der Waals surface area (Å²) < 4.78 is 5.14. The van der Waals surface area contributed by atoms with E-state index in [4.69, 9.17) is 10.5 Å². The van der Waals surface area contributed by atoms with E-state index in [0.717, 1.165) is 0 Å². The number of carbonyl (C=O) groups excluding carboxylic acids is 4. The Hall–Kier alpha value is -3.90. The molecule has 39 heavy (non-hydrogen) atoms. The van der Waals surface area contributed by atoms with Crippen LogP contribution in [0.1, 0.15) is 37.0 Å². The number of aliphatic hydroxyl groups excluding tert-OH is 2. The predicted molar refractivity (Wildman–Crippen MR) is 137 cm³/mol. The number of aliphatic hydroxyl groups is 3. The van der Waals surface area contributed by atoms with Gasteiger partial charge in [0.25, 0.3) is 5.91 Å². The third kappa shape index (κ3) is 4.43. The Bertz CT molecular complexity index is 1330. The molecule has 0 bridgehead atoms. The zero-order valence-corrected chi connectivity index (χ0v) is 22.1. The summed E-state index contributed by atoms with van der Waals surface area (Å²) in [6, 6.07) is 1.72. The molecule has 12 nitrogen and oxygen atoms in total. The number of ether oxygens (including phenoxy) is 1. The number of phenolic OH excluding ortho intramolecular Hbond substituents is 1. The molecule has 4 atom stereocenters. The Morgan fingerprint density at radius 1 is 1.21 bits per heavy atom. The molecule has 0 radical (unpaired) electrons. The third-order valence-corrected chi connectivity index (χ3v) is 7.67. The van der Waals surface area contributed by atoms with Gasteiger partial charge in [-0.15, -0.1) is 0 Å². The van der Waals surface area contributed by atoms with Crippen molar-refractivity contribution in [2.75, 3.05) is 20.7 Å². The van der Waals surface area contributed by atoms with Gasteiger partial charge >= 0.3 is 6.09 Å². The lowest BCUT2D eigenvalue weighted by Crippen LogP contribution is -2.65. The molecule has 3 aliphatic rings. The summed E-state index contributed by atoms with van der Waals surface area (Å²) in [5, 5.41) is 47.0. The van der Waals surface area contributed by atoms with Gasteiger partial charge in [-0.25, -0.2) is 4.79 Å². The van der Waals surface area contributed by atoms with Gasteiger partial charge in [-0.05, 0) is 56.0 Å². The lowest BCUT2D eigenvalue weighted by Gasteiger charge is -2.50. The number of nitrogens with zero attached hydrogens (tertiary/aromatic N) is 1. The van der Waals surface area contributed by atoms with E-state index < -0.39 is 64.1 Å². The van der Waals surface area contributed by atoms with Crippen LogP contribution >= 0.6 is 0 Å². The number of carbonyl (C=O) groups is 4. The average molecular weight is 544 g/mol. The lowest BCUT2D eigenvalue weighted by molar-refractivity contribution is -0.153. The van der Waals surface area contributed by atoms with Crippen LogP contribution in [0.5, 0.6) is 5.75 Å². The number of alkyl carbamates (subject to hydrolysis) is 1. The number of primary amides is 1. The first-order valence-electron chi connectivity index (χ1n) is 12.6. The summed E-state index contributed by atoms with van der Waals surface area (Å²) >= 11 is 0. The molecule has 12 heteroatoms. The van der Waals surface area contributed by atoms with E-state index in [9.17, 15) is 39.6 Å². The Morgan fingerprint density at radius 3 is 2.46 bits per heavy atom. The molecule has 210 valence electrons. The summed E-state index contributed by atoms with van der Waals surface area (Å²) in [7, 11) is 3.07. The number of aromatic hydroxyl groups is 1. The molecule has 4 unspecified atom stereocenters. The largest absolute Gasteiger partial charge is 0.508 e. The van der Waals surface area contributed by atoms with Gasteiger partial charge in [0.2, 0.25) is 5.78 Å². The summed E-state index contributed by atoms with van der Waals surface area (Å²) in [4.78, 5) is 52.6. The second-order valence-corrected chi connectivity index (χ2v) is 10.9. The number of nitrogens with one attached hydrogen (secondary N) is 1. The number of phenols is 1. The minimum Gasteiger partial charge on any atom is -0.508 e. The second-order valence-electron chi connectivity index (χ2n) is 10.9. The fourth-order valence-electron chi connectivity index (χ4n) is 5.93. The van der Waals surface area contributed by atoms with E-state index in [0.29, 0.717) is 11.1 Å². The maximum absolute atomic E-state index is 13.8. The second kappa shape index (κ2) is 10.0. The zero-order chi connectivity index (χ0) is 29.0. The number of hydrogen-bond acceptors (Lipinski definition) is 10. The molecule has 7 N–H and O–H groups in total. The van der Waals surface area contributed by atoms with Crippen molar-refractivity contribution in [1.29, 1.82) is 0 Å². The Morgan fingerprint density at radius 2 is 1.87 bits per heavy atom. The SMILES string of the molecule is CC(C)COC(=O)NCc1ccc(O)c2c1CC1CC3C(N(C)C)C(=O)C(C(N)=O)=C(O)C3(O)C(=O)C1=C2O. The summed E-state index contributed by atoms with van der Waals surface area (Å²) in [6.07, 6.45) is -0.534. The van der Waals surface area contributed by atoms with Crippen LogP contribution in [0.15, 0.2) is 29.0 Å². The molecule has 0 aromatic heterocycles. The highest BCUT2D eigenvalue weighted by Gasteiger charge is 2.64. The van der Waals surface area contributed by atoms with E-state index in [-0.39, 0.29) is 48.8 Å². The number of nitrogens with two attached hydrogens (primary N) is 1. The van der Waals surface area contributed by atoms with Gasteiger partial charge in [0, 0.05) is 18.0 Å². The Labute approximate surface area is 224 Å². The fraction of sp³-hybridized carbons (Fsp3) is 0.481. The standard InChI is InChI=1S/C27H33N3O9/c1-11(2)10-39-26(37)29-9-12-5-6-16(31)18-14(12)7-13-8-15-20(30(3)4)22(33)19(25(28)36)24(35)27(15,38)23(34)17(13)21(18)32/h5-6,11,13,15,20,31-32,35,38H,7-10H2,1-4H3,(H2,28,36)(H,29,37). The van der Waals surface area contributed by atoms with Crippen LogP contribution in [0.3, 0.4) is 0 Å². The highest BCUT2D eigenvalue weighted by atomic mass is 16.5. The van der Waals surface area contributed by atoms with Crippen molar-refractivity contribution >= 4 is 29.3 Å². The molecule has 2 amide bonds. The van der Waals surface area contributed by atoms with Crippen LogP contribution in [0, 0.1) is 17.8 Å². The monoisotopic (exact) mass is 543 g/mol. The van der Waals surface area contributed by atoms with Crippen molar-refractivity contribution in [3.63, 3.8) is 0 Å². The molecule has 1 aromatic carbocycles. The number of fused-ring (bicyclic) bond motifs is 3. The van der Waals surface area contributed by atoms with E-state index in [1.165, 1.54) is 25.1 Å². The van der Waals surface area contributed by atoms with Crippen LogP contribution in [0.4, 0.5) is 4.79 Å². The molecule has 4 rings (SSSR count). The van der Waals surface area contributed by atoms with Crippen LogP contribution in [-0.4, -0.2) is 81.2 Å². The van der Waals surface area contributed by atoms with E-state index in [1.54, 1.807) is 6.07 Å². The molecule has 1 saturated carbocycles. The van der Waals surface area contributed by atoms with Gasteiger partial charge in [-0.3, -0.25) is 19.3 Å². The van der Waals surface area contributed by atoms with Gasteiger partial charge in [-0.1, -0.05) is 19.9 Å². The van der Waals surface area contributed by atoms with E-state index >= 15 is 0 Å². The summed E-state index contributed by atoms with van der Waals surface area (Å²) in [5.41, 5.74) is 2.53. The number of ketones is 2. The van der Waals surface area contributed by atoms with Crippen molar-refractivity contribution < 1.29 is 44.3 Å². The van der Waals surface area contributed by atoms with Crippen molar-refractivity contribution in [3.05, 3.63) is 45.7 Å². The first kappa shape index (κ1) is 28.1. The van der Waals surface area contributed by atoms with Crippen molar-refractivity contribution in [2.45, 2.75) is 44.9 Å². The molecule has 1 aromatic rings. The molecule has 0 aliphatic heterocycles. The Kier molecular flexibility index (Phi) is 7.21. The number of rotatable bonds is 6. The fourth-order valence-corrected chi connectivity index (χ4v) is 5.93. The zero-order valence-electron chi connectivity index (χ0n) is 22.1. The molecular weight excluding hydrogens is 510 g/mol. The van der Waals surface area contributed by atoms with E-state index in [2.05, 4.69) is 5.32 Å². The van der Waals surface area contributed by atoms with Gasteiger partial charge in [0.1, 0.15) is 22.8 Å². The molecule has 0 saturated heterocycles. The average Bonchev–Trinajstić information content (AvgIpc) is 2.84. The molecular formula is C27H33N3O9. The van der Waals surface area contributed by atoms with Crippen LogP contribution in [-0.2, 0) is 32.1 Å². The number of benzene rings is 1. The number of amides is 2. The van der Waals surface area contributed by atoms with Gasteiger partial charge in [-0.2, -0.15) is 0 Å². The van der Waals surface area contributed by atoms with Crippen molar-refractivity contribution in [3.8, 4) is 5.75 Å². The van der Waals surface area contributed by atoms with Crippen LogP contribution < -0.4 is 11.1 Å². The number of hydrogen-bond donors (Lipinski definition) is 6. The first-order valence-corrected chi connectivity index (χ1v) is 12.6. The van der Waals surface area contributed by atoms with Crippen molar-refractivity contribution in [1.82, 2.24) is 10.2 Å². The highest BCUT2D eigenvalue weighted by Crippen LogP contribution is 2.52. The maximum Gasteiger partial charge on any atom is 0.407 e. The lowest BCUT2D eigenvalue weighted by atomic mass is 9.57. The molecule has 0 heterocycles. The predicted octanol–water partition coefficient (Wildman–Crippen LogP) is 0.846. The normalized spacial score (nSPS) is 26.4.